The molecule has 0 aliphatic rings. The van der Waals surface area contributed by atoms with Crippen LogP contribution < -0.4 is 5.32 Å². The maximum atomic E-state index is 11.9. The molecule has 0 atom stereocenters. The Hall–Kier alpha value is -2.18. The van der Waals surface area contributed by atoms with Gasteiger partial charge in [-0.3, -0.25) is 9.89 Å². The summed E-state index contributed by atoms with van der Waals surface area (Å²) in [6.07, 6.45) is 3.03. The number of aromatic amines is 1. The quantitative estimate of drug-likeness (QED) is 0.756. The molecule has 0 aliphatic carbocycles. The van der Waals surface area contributed by atoms with Crippen LogP contribution in [-0.4, -0.2) is 36.4 Å². The van der Waals surface area contributed by atoms with Crippen LogP contribution in [0.3, 0.4) is 0 Å². The number of nitrogens with zero attached hydrogens (tertiary/aromatic N) is 1. The van der Waals surface area contributed by atoms with Gasteiger partial charge in [-0.25, -0.2) is 0 Å². The van der Waals surface area contributed by atoms with Crippen molar-refractivity contribution in [1.82, 2.24) is 10.2 Å². The first kappa shape index (κ1) is 14.2. The van der Waals surface area contributed by atoms with Crippen LogP contribution in [0.5, 0.6) is 0 Å². The van der Waals surface area contributed by atoms with E-state index in [0.29, 0.717) is 25.4 Å². The number of ether oxygens (including phenoxy) is 2. The van der Waals surface area contributed by atoms with Gasteiger partial charge in [0.05, 0.1) is 31.6 Å². The fraction of sp³-hybridized carbons (Fsp3) is 0.286. The van der Waals surface area contributed by atoms with Crippen LogP contribution in [0, 0.1) is 0 Å². The smallest absolute Gasteiger partial charge is 0.258 e. The molecule has 0 aliphatic heterocycles. The van der Waals surface area contributed by atoms with E-state index in [1.165, 1.54) is 6.20 Å². The second kappa shape index (κ2) is 7.42. The number of H-pyrrole nitrogens is 1. The summed E-state index contributed by atoms with van der Waals surface area (Å²) in [5, 5.41) is 9.15. The molecule has 0 saturated carbocycles. The highest BCUT2D eigenvalue weighted by Crippen LogP contribution is 2.12. The normalized spacial score (nSPS) is 10.4. The Balaban J connectivity index is 1.90. The third kappa shape index (κ3) is 4.18. The monoisotopic (exact) mass is 275 g/mol. The summed E-state index contributed by atoms with van der Waals surface area (Å²) in [5.41, 5.74) is 2.21. The number of methoxy groups -OCH3 is 1. The first-order chi connectivity index (χ1) is 9.79. The standard InChI is InChI=1S/C14H17N3O3/c1-19-5-6-20-10-11-3-2-4-13(7-11)17-14(18)12-8-15-16-9-12/h2-4,7-9H,5-6,10H2,1H3,(H,15,16)(H,17,18). The molecule has 2 N–H and O–H groups in total. The molecule has 0 fully saturated rings. The number of hydrogen-bond donors (Lipinski definition) is 2. The molecule has 6 heteroatoms. The van der Waals surface area contributed by atoms with Gasteiger partial charge in [0, 0.05) is 19.0 Å². The lowest BCUT2D eigenvalue weighted by Gasteiger charge is -2.07. The van der Waals surface area contributed by atoms with Gasteiger partial charge >= 0.3 is 0 Å². The Labute approximate surface area is 117 Å². The second-order valence-electron chi connectivity index (χ2n) is 4.19. The molecule has 20 heavy (non-hydrogen) atoms. The molecule has 0 spiro atoms. The molecule has 1 amide bonds. The Morgan fingerprint density at radius 3 is 3.05 bits per heavy atom. The van der Waals surface area contributed by atoms with Gasteiger partial charge in [-0.05, 0) is 17.7 Å². The van der Waals surface area contributed by atoms with E-state index < -0.39 is 0 Å². The topological polar surface area (TPSA) is 76.2 Å². The van der Waals surface area contributed by atoms with E-state index in [1.54, 1.807) is 13.3 Å². The second-order valence-corrected chi connectivity index (χ2v) is 4.19. The predicted octanol–water partition coefficient (Wildman–Crippen LogP) is 1.82. The summed E-state index contributed by atoms with van der Waals surface area (Å²) in [6, 6.07) is 7.53. The predicted molar refractivity (Wildman–Crippen MR) is 74.5 cm³/mol. The Bertz CT molecular complexity index is 540. The number of aromatic nitrogens is 2. The van der Waals surface area contributed by atoms with E-state index in [0.717, 1.165) is 11.3 Å². The van der Waals surface area contributed by atoms with Gasteiger partial charge < -0.3 is 14.8 Å². The van der Waals surface area contributed by atoms with Gasteiger partial charge in [0.25, 0.3) is 5.91 Å². The number of benzene rings is 1. The van der Waals surface area contributed by atoms with Crippen molar-refractivity contribution in [3.63, 3.8) is 0 Å². The summed E-state index contributed by atoms with van der Waals surface area (Å²) >= 11 is 0. The molecule has 1 aromatic heterocycles. The van der Waals surface area contributed by atoms with Crippen LogP contribution in [0.4, 0.5) is 5.69 Å². The van der Waals surface area contributed by atoms with Crippen molar-refractivity contribution < 1.29 is 14.3 Å². The highest BCUT2D eigenvalue weighted by molar-refractivity contribution is 6.03. The van der Waals surface area contributed by atoms with Crippen LogP contribution in [0.1, 0.15) is 15.9 Å². The fourth-order valence-corrected chi connectivity index (χ4v) is 1.65. The molecule has 2 rings (SSSR count). The van der Waals surface area contributed by atoms with Crippen LogP contribution in [0.25, 0.3) is 0 Å². The summed E-state index contributed by atoms with van der Waals surface area (Å²) in [6.45, 7) is 1.60. The molecule has 2 aromatic rings. The van der Waals surface area contributed by atoms with Crippen molar-refractivity contribution in [2.45, 2.75) is 6.61 Å². The molecular formula is C14H17N3O3. The minimum Gasteiger partial charge on any atom is -0.382 e. The summed E-state index contributed by atoms with van der Waals surface area (Å²) in [5.74, 6) is -0.198. The van der Waals surface area contributed by atoms with Gasteiger partial charge in [-0.15, -0.1) is 0 Å². The Morgan fingerprint density at radius 2 is 2.30 bits per heavy atom. The molecule has 1 heterocycles. The van der Waals surface area contributed by atoms with Crippen LogP contribution >= 0.6 is 0 Å². The Kier molecular flexibility index (Phi) is 5.28. The minimum atomic E-state index is -0.198. The highest BCUT2D eigenvalue weighted by atomic mass is 16.5. The van der Waals surface area contributed by atoms with Crippen molar-refractivity contribution in [1.29, 1.82) is 0 Å². The number of nitrogens with one attached hydrogen (secondary N) is 2. The molecule has 6 nitrogen and oxygen atoms in total. The third-order valence-electron chi connectivity index (χ3n) is 2.65. The van der Waals surface area contributed by atoms with Crippen LogP contribution in [0.2, 0.25) is 0 Å². The van der Waals surface area contributed by atoms with Gasteiger partial charge in [-0.1, -0.05) is 12.1 Å². The average Bonchev–Trinajstić information content (AvgIpc) is 2.98. The van der Waals surface area contributed by atoms with Crippen molar-refractivity contribution in [3.8, 4) is 0 Å². The van der Waals surface area contributed by atoms with Crippen molar-refractivity contribution in [3.05, 3.63) is 47.8 Å². The van der Waals surface area contributed by atoms with E-state index in [1.807, 2.05) is 24.3 Å². The number of hydrogen-bond acceptors (Lipinski definition) is 4. The zero-order valence-electron chi connectivity index (χ0n) is 11.3. The summed E-state index contributed by atoms with van der Waals surface area (Å²) in [7, 11) is 1.63. The van der Waals surface area contributed by atoms with Crippen molar-refractivity contribution in [2.24, 2.45) is 0 Å². The van der Waals surface area contributed by atoms with E-state index in [9.17, 15) is 4.79 Å². The first-order valence-corrected chi connectivity index (χ1v) is 6.25. The largest absolute Gasteiger partial charge is 0.382 e. The zero-order chi connectivity index (χ0) is 14.2. The van der Waals surface area contributed by atoms with Gasteiger partial charge in [0.15, 0.2) is 0 Å². The molecule has 0 radical (unpaired) electrons. The summed E-state index contributed by atoms with van der Waals surface area (Å²) in [4.78, 5) is 11.9. The Morgan fingerprint density at radius 1 is 1.40 bits per heavy atom. The highest BCUT2D eigenvalue weighted by Gasteiger charge is 2.07. The lowest BCUT2D eigenvalue weighted by Crippen LogP contribution is -2.11. The molecule has 106 valence electrons. The lowest BCUT2D eigenvalue weighted by molar-refractivity contribution is 0.0617. The van der Waals surface area contributed by atoms with Crippen LogP contribution in [-0.2, 0) is 16.1 Å². The third-order valence-corrected chi connectivity index (χ3v) is 2.65. The lowest BCUT2D eigenvalue weighted by atomic mass is 10.2. The SMILES string of the molecule is COCCOCc1cccc(NC(=O)c2cn[nH]c2)c1. The first-order valence-electron chi connectivity index (χ1n) is 6.25. The number of anilines is 1. The number of amides is 1. The molecule has 0 unspecified atom stereocenters. The van der Waals surface area contributed by atoms with E-state index in [-0.39, 0.29) is 5.91 Å². The molecular weight excluding hydrogens is 258 g/mol. The van der Waals surface area contributed by atoms with Crippen molar-refractivity contribution >= 4 is 11.6 Å². The van der Waals surface area contributed by atoms with E-state index >= 15 is 0 Å². The zero-order valence-corrected chi connectivity index (χ0v) is 11.3. The van der Waals surface area contributed by atoms with Gasteiger partial charge in [-0.2, -0.15) is 5.10 Å². The number of carbonyl (C=O) groups excluding carboxylic acids is 1. The number of carbonyl (C=O) groups is 1. The maximum absolute atomic E-state index is 11.9. The molecule has 0 saturated heterocycles. The maximum Gasteiger partial charge on any atom is 0.258 e. The van der Waals surface area contributed by atoms with Crippen molar-refractivity contribution in [2.75, 3.05) is 25.6 Å². The van der Waals surface area contributed by atoms with Crippen LogP contribution in [0.15, 0.2) is 36.7 Å². The number of rotatable bonds is 7. The minimum absolute atomic E-state index is 0.198. The average molecular weight is 275 g/mol. The molecule has 0 bridgehead atoms. The summed E-state index contributed by atoms with van der Waals surface area (Å²) < 4.78 is 10.3. The van der Waals surface area contributed by atoms with E-state index in [2.05, 4.69) is 15.5 Å². The fourth-order valence-electron chi connectivity index (χ4n) is 1.65. The van der Waals surface area contributed by atoms with E-state index in [4.69, 9.17) is 9.47 Å². The van der Waals surface area contributed by atoms with Gasteiger partial charge in [0.2, 0.25) is 0 Å². The van der Waals surface area contributed by atoms with Gasteiger partial charge in [0.1, 0.15) is 0 Å². The molecule has 1 aromatic carbocycles.